The van der Waals surface area contributed by atoms with E-state index in [-0.39, 0.29) is 41.3 Å². The van der Waals surface area contributed by atoms with Crippen LogP contribution >= 0.6 is 0 Å². The summed E-state index contributed by atoms with van der Waals surface area (Å²) in [5, 5.41) is 0. The summed E-state index contributed by atoms with van der Waals surface area (Å²) in [4.78, 5) is 39.4. The number of amides is 2. The molecule has 2 amide bonds. The van der Waals surface area contributed by atoms with Crippen molar-refractivity contribution < 1.29 is 14.4 Å². The summed E-state index contributed by atoms with van der Waals surface area (Å²) < 4.78 is 0. The van der Waals surface area contributed by atoms with Gasteiger partial charge in [0.25, 0.3) is 0 Å². The molecule has 1 heterocycles. The highest BCUT2D eigenvalue weighted by Crippen LogP contribution is 2.58. The minimum absolute atomic E-state index is 0.0249. The van der Waals surface area contributed by atoms with Gasteiger partial charge in [0.05, 0.1) is 17.5 Å². The standard InChI is InChI=1S/C25H21NO3/c1-14(16-6-4-3-5-7-16)21-19-12-13-20(21)23-22(19)24(28)26(25(23)29)18-10-8-17(9-11-18)15(2)27/h3-13,19-20,22-23H,1-2H3/t19-,20-,22+,23+/m0/s1. The summed E-state index contributed by atoms with van der Waals surface area (Å²) in [6, 6.07) is 16.9. The number of imide groups is 1. The second-order valence-corrected chi connectivity index (χ2v) is 8.05. The highest BCUT2D eigenvalue weighted by atomic mass is 16.2. The van der Waals surface area contributed by atoms with Crippen LogP contribution in [0.2, 0.25) is 0 Å². The SMILES string of the molecule is CC(=O)c1ccc(N2C(=O)[C@H]3[C@H](C2=O)[C@H]2C=C[C@H]3C2=C(C)c2ccccc2)cc1. The zero-order chi connectivity index (χ0) is 20.3. The average molecular weight is 383 g/mol. The Hall–Kier alpha value is -3.27. The Labute approximate surface area is 169 Å². The first-order valence-electron chi connectivity index (χ1n) is 9.92. The van der Waals surface area contributed by atoms with Crippen LogP contribution in [0.25, 0.3) is 5.57 Å². The third-order valence-corrected chi connectivity index (χ3v) is 6.59. The lowest BCUT2D eigenvalue weighted by Crippen LogP contribution is -2.33. The van der Waals surface area contributed by atoms with Crippen molar-refractivity contribution in [1.82, 2.24) is 0 Å². The van der Waals surface area contributed by atoms with Gasteiger partial charge in [-0.25, -0.2) is 4.90 Å². The van der Waals surface area contributed by atoms with Crippen molar-refractivity contribution in [2.45, 2.75) is 13.8 Å². The lowest BCUT2D eigenvalue weighted by Gasteiger charge is -2.20. The topological polar surface area (TPSA) is 54.5 Å². The predicted octanol–water partition coefficient (Wildman–Crippen LogP) is 4.28. The van der Waals surface area contributed by atoms with Gasteiger partial charge in [0.15, 0.2) is 5.78 Å². The van der Waals surface area contributed by atoms with Gasteiger partial charge in [-0.2, -0.15) is 0 Å². The first-order chi connectivity index (χ1) is 14.0. The number of allylic oxidation sites excluding steroid dienone is 4. The summed E-state index contributed by atoms with van der Waals surface area (Å²) in [5.74, 6) is -1.03. The fourth-order valence-electron chi connectivity index (χ4n) is 5.22. The van der Waals surface area contributed by atoms with Crippen molar-refractivity contribution in [2.24, 2.45) is 23.7 Å². The van der Waals surface area contributed by atoms with Crippen LogP contribution in [-0.4, -0.2) is 17.6 Å². The zero-order valence-corrected chi connectivity index (χ0v) is 16.3. The molecule has 0 aromatic heterocycles. The Kier molecular flexibility index (Phi) is 3.91. The summed E-state index contributed by atoms with van der Waals surface area (Å²) >= 11 is 0. The van der Waals surface area contributed by atoms with E-state index in [4.69, 9.17) is 0 Å². The van der Waals surface area contributed by atoms with Crippen LogP contribution in [0.3, 0.4) is 0 Å². The zero-order valence-electron chi connectivity index (χ0n) is 16.3. The van der Waals surface area contributed by atoms with Gasteiger partial charge in [0.1, 0.15) is 0 Å². The average Bonchev–Trinajstić information content (AvgIpc) is 3.38. The highest BCUT2D eigenvalue weighted by molar-refractivity contribution is 6.23. The molecule has 2 aromatic carbocycles. The van der Waals surface area contributed by atoms with Crippen LogP contribution in [-0.2, 0) is 9.59 Å². The fraction of sp³-hybridized carbons (Fsp3) is 0.240. The van der Waals surface area contributed by atoms with E-state index < -0.39 is 0 Å². The number of Topliss-reactive ketones (excluding diaryl/α,β-unsaturated/α-hetero) is 1. The van der Waals surface area contributed by atoms with Gasteiger partial charge >= 0.3 is 0 Å². The molecule has 1 aliphatic heterocycles. The number of hydrogen-bond donors (Lipinski definition) is 0. The van der Waals surface area contributed by atoms with E-state index in [9.17, 15) is 14.4 Å². The highest BCUT2D eigenvalue weighted by Gasteiger charge is 2.62. The molecule has 2 fully saturated rings. The van der Waals surface area contributed by atoms with Crippen LogP contribution in [0.5, 0.6) is 0 Å². The number of carbonyl (C=O) groups excluding carboxylic acids is 3. The molecular weight excluding hydrogens is 362 g/mol. The first kappa shape index (κ1) is 17.8. The van der Waals surface area contributed by atoms with Gasteiger partial charge in [-0.3, -0.25) is 14.4 Å². The molecule has 4 atom stereocenters. The van der Waals surface area contributed by atoms with Crippen LogP contribution in [0.4, 0.5) is 5.69 Å². The summed E-state index contributed by atoms with van der Waals surface area (Å²) in [7, 11) is 0. The third kappa shape index (κ3) is 2.48. The van der Waals surface area contributed by atoms with Crippen LogP contribution in [0.15, 0.2) is 72.3 Å². The van der Waals surface area contributed by atoms with Gasteiger partial charge in [0.2, 0.25) is 11.8 Å². The number of anilines is 1. The monoisotopic (exact) mass is 383 g/mol. The molecule has 29 heavy (non-hydrogen) atoms. The minimum Gasteiger partial charge on any atom is -0.295 e. The number of nitrogens with zero attached hydrogens (tertiary/aromatic N) is 1. The molecule has 3 aliphatic rings. The van der Waals surface area contributed by atoms with Crippen molar-refractivity contribution in [1.29, 1.82) is 0 Å². The molecule has 0 radical (unpaired) electrons. The number of fused-ring (bicyclic) bond motifs is 5. The van der Waals surface area contributed by atoms with E-state index in [1.54, 1.807) is 24.3 Å². The molecule has 144 valence electrons. The largest absolute Gasteiger partial charge is 0.295 e. The number of ketones is 1. The normalized spacial score (nSPS) is 27.0. The number of benzene rings is 2. The van der Waals surface area contributed by atoms with E-state index in [0.29, 0.717) is 11.3 Å². The van der Waals surface area contributed by atoms with E-state index >= 15 is 0 Å². The van der Waals surface area contributed by atoms with Gasteiger partial charge in [-0.15, -0.1) is 0 Å². The molecule has 1 saturated carbocycles. The van der Waals surface area contributed by atoms with Crippen molar-refractivity contribution in [2.75, 3.05) is 4.90 Å². The maximum absolute atomic E-state index is 13.3. The molecule has 2 aromatic rings. The second kappa shape index (κ2) is 6.38. The third-order valence-electron chi connectivity index (χ3n) is 6.59. The van der Waals surface area contributed by atoms with Crippen molar-refractivity contribution in [3.63, 3.8) is 0 Å². The Morgan fingerprint density at radius 2 is 1.31 bits per heavy atom. The summed E-state index contributed by atoms with van der Waals surface area (Å²) in [6.07, 6.45) is 4.20. The molecule has 0 N–H and O–H groups in total. The molecule has 1 saturated heterocycles. The number of hydrogen-bond acceptors (Lipinski definition) is 3. The minimum atomic E-state index is -0.335. The van der Waals surface area contributed by atoms with Crippen LogP contribution < -0.4 is 4.90 Å². The van der Waals surface area contributed by atoms with Crippen LogP contribution in [0, 0.1) is 23.7 Å². The van der Waals surface area contributed by atoms with Gasteiger partial charge in [-0.05, 0) is 49.2 Å². The first-order valence-corrected chi connectivity index (χ1v) is 9.92. The maximum Gasteiger partial charge on any atom is 0.238 e. The number of carbonyl (C=O) groups is 3. The van der Waals surface area contributed by atoms with E-state index in [1.807, 2.05) is 18.2 Å². The van der Waals surface area contributed by atoms with E-state index in [1.165, 1.54) is 17.4 Å². The summed E-state index contributed by atoms with van der Waals surface area (Å²) in [6.45, 7) is 3.59. The molecule has 2 bridgehead atoms. The fourth-order valence-corrected chi connectivity index (χ4v) is 5.22. The molecule has 0 unspecified atom stereocenters. The van der Waals surface area contributed by atoms with Crippen molar-refractivity contribution >= 4 is 28.9 Å². The number of rotatable bonds is 3. The quantitative estimate of drug-likeness (QED) is 0.451. The van der Waals surface area contributed by atoms with Crippen molar-refractivity contribution in [3.05, 3.63) is 83.4 Å². The molecule has 4 nitrogen and oxygen atoms in total. The van der Waals surface area contributed by atoms with E-state index in [0.717, 1.165) is 11.1 Å². The molecule has 4 heteroatoms. The predicted molar refractivity (Wildman–Crippen MR) is 111 cm³/mol. The Morgan fingerprint density at radius 3 is 1.83 bits per heavy atom. The van der Waals surface area contributed by atoms with Gasteiger partial charge in [0, 0.05) is 17.4 Å². The van der Waals surface area contributed by atoms with Gasteiger partial charge in [-0.1, -0.05) is 48.1 Å². The molecular formula is C25H21NO3. The maximum atomic E-state index is 13.3. The Bertz CT molecular complexity index is 1060. The van der Waals surface area contributed by atoms with Crippen molar-refractivity contribution in [3.8, 4) is 0 Å². The smallest absolute Gasteiger partial charge is 0.238 e. The van der Waals surface area contributed by atoms with E-state index in [2.05, 4.69) is 31.2 Å². The molecule has 2 aliphatic carbocycles. The Morgan fingerprint density at radius 1 is 0.759 bits per heavy atom. The molecule has 5 rings (SSSR count). The van der Waals surface area contributed by atoms with Crippen LogP contribution in [0.1, 0.15) is 29.8 Å². The lowest BCUT2D eigenvalue weighted by atomic mass is 9.85. The van der Waals surface area contributed by atoms with Gasteiger partial charge < -0.3 is 0 Å². The second-order valence-electron chi connectivity index (χ2n) is 8.05. The lowest BCUT2D eigenvalue weighted by molar-refractivity contribution is -0.122. The summed E-state index contributed by atoms with van der Waals surface area (Å²) in [5.41, 5.74) is 4.62. The Balaban J connectivity index is 1.51. The molecule has 0 spiro atoms.